The summed E-state index contributed by atoms with van der Waals surface area (Å²) >= 11 is 0. The summed E-state index contributed by atoms with van der Waals surface area (Å²) in [5.74, 6) is 1.52. The van der Waals surface area contributed by atoms with Gasteiger partial charge < -0.3 is 15.0 Å². The molecule has 0 aliphatic heterocycles. The first-order valence-electron chi connectivity index (χ1n) is 9.63. The van der Waals surface area contributed by atoms with Gasteiger partial charge in [0.1, 0.15) is 11.6 Å². The van der Waals surface area contributed by atoms with Crippen LogP contribution in [0.2, 0.25) is 0 Å². The van der Waals surface area contributed by atoms with Crippen LogP contribution in [0, 0.1) is 13.8 Å². The highest BCUT2D eigenvalue weighted by Gasteiger charge is 2.07. The molecule has 0 atom stereocenters. The first-order valence-corrected chi connectivity index (χ1v) is 9.63. The molecule has 0 saturated heterocycles. The zero-order chi connectivity index (χ0) is 20.2. The van der Waals surface area contributed by atoms with Gasteiger partial charge in [-0.2, -0.15) is 0 Å². The SMILES string of the molecule is Cc1cccc(OCCC(=O)Nc2ccc(-c3nc4ccc(C)cc4[nH]3)cc2)c1. The van der Waals surface area contributed by atoms with Gasteiger partial charge in [-0.1, -0.05) is 18.2 Å². The van der Waals surface area contributed by atoms with E-state index in [1.54, 1.807) is 0 Å². The molecule has 1 heterocycles. The molecule has 0 saturated carbocycles. The van der Waals surface area contributed by atoms with Crippen LogP contribution in [-0.2, 0) is 4.79 Å². The van der Waals surface area contributed by atoms with Crippen molar-refractivity contribution in [2.45, 2.75) is 20.3 Å². The van der Waals surface area contributed by atoms with Gasteiger partial charge in [0.05, 0.1) is 24.1 Å². The van der Waals surface area contributed by atoms with Crippen molar-refractivity contribution in [1.29, 1.82) is 0 Å². The smallest absolute Gasteiger partial charge is 0.227 e. The lowest BCUT2D eigenvalue weighted by molar-refractivity contribution is -0.116. The van der Waals surface area contributed by atoms with Gasteiger partial charge in [0.2, 0.25) is 5.91 Å². The van der Waals surface area contributed by atoms with E-state index in [1.807, 2.05) is 67.6 Å². The fourth-order valence-corrected chi connectivity index (χ4v) is 3.16. The number of hydrogen-bond donors (Lipinski definition) is 2. The van der Waals surface area contributed by atoms with Crippen molar-refractivity contribution >= 4 is 22.6 Å². The number of aryl methyl sites for hydroxylation is 2. The van der Waals surface area contributed by atoms with E-state index in [2.05, 4.69) is 28.3 Å². The van der Waals surface area contributed by atoms with E-state index in [4.69, 9.17) is 4.74 Å². The number of aromatic amines is 1. The number of rotatable bonds is 6. The number of hydrogen-bond acceptors (Lipinski definition) is 3. The number of carbonyl (C=O) groups is 1. The van der Waals surface area contributed by atoms with E-state index in [9.17, 15) is 4.79 Å². The minimum atomic E-state index is -0.0791. The maximum absolute atomic E-state index is 12.2. The summed E-state index contributed by atoms with van der Waals surface area (Å²) in [5, 5.41) is 2.90. The van der Waals surface area contributed by atoms with Gasteiger partial charge >= 0.3 is 0 Å². The standard InChI is InChI=1S/C24H23N3O2/c1-16-4-3-5-20(14-16)29-13-12-23(28)25-19-9-7-18(8-10-19)24-26-21-11-6-17(2)15-22(21)27-24/h3-11,14-15H,12-13H2,1-2H3,(H,25,28)(H,26,27). The maximum Gasteiger partial charge on any atom is 0.227 e. The van der Waals surface area contributed by atoms with Gasteiger partial charge in [-0.3, -0.25) is 4.79 Å². The zero-order valence-electron chi connectivity index (χ0n) is 16.5. The fourth-order valence-electron chi connectivity index (χ4n) is 3.16. The van der Waals surface area contributed by atoms with E-state index < -0.39 is 0 Å². The van der Waals surface area contributed by atoms with E-state index in [-0.39, 0.29) is 5.91 Å². The maximum atomic E-state index is 12.2. The summed E-state index contributed by atoms with van der Waals surface area (Å²) in [6.45, 7) is 4.41. The normalized spacial score (nSPS) is 10.8. The molecule has 0 fully saturated rings. The van der Waals surface area contributed by atoms with E-state index in [0.717, 1.165) is 39.4 Å². The largest absolute Gasteiger partial charge is 0.493 e. The third-order valence-electron chi connectivity index (χ3n) is 4.67. The van der Waals surface area contributed by atoms with Gasteiger partial charge in [-0.15, -0.1) is 0 Å². The molecular formula is C24H23N3O2. The lowest BCUT2D eigenvalue weighted by Gasteiger charge is -2.08. The van der Waals surface area contributed by atoms with Crippen LogP contribution in [0.15, 0.2) is 66.7 Å². The molecule has 1 aromatic heterocycles. The van der Waals surface area contributed by atoms with E-state index in [1.165, 1.54) is 5.56 Å². The predicted molar refractivity (Wildman–Crippen MR) is 116 cm³/mol. The van der Waals surface area contributed by atoms with Gasteiger partial charge in [-0.05, 0) is 73.5 Å². The molecule has 0 unspecified atom stereocenters. The molecule has 5 nitrogen and oxygen atoms in total. The molecule has 0 bridgehead atoms. The summed E-state index contributed by atoms with van der Waals surface area (Å²) in [7, 11) is 0. The van der Waals surface area contributed by atoms with Crippen LogP contribution in [0.1, 0.15) is 17.5 Å². The molecule has 29 heavy (non-hydrogen) atoms. The van der Waals surface area contributed by atoms with Gasteiger partial charge in [-0.25, -0.2) is 4.98 Å². The molecule has 0 spiro atoms. The predicted octanol–water partition coefficient (Wildman–Crippen LogP) is 5.25. The second kappa shape index (κ2) is 8.19. The molecule has 4 rings (SSSR count). The summed E-state index contributed by atoms with van der Waals surface area (Å²) in [6, 6.07) is 21.6. The van der Waals surface area contributed by atoms with Crippen molar-refractivity contribution in [1.82, 2.24) is 9.97 Å². The fraction of sp³-hybridized carbons (Fsp3) is 0.167. The Labute approximate surface area is 169 Å². The minimum absolute atomic E-state index is 0.0791. The zero-order valence-corrected chi connectivity index (χ0v) is 16.5. The first-order chi connectivity index (χ1) is 14.1. The van der Waals surface area contributed by atoms with Crippen molar-refractivity contribution in [2.75, 3.05) is 11.9 Å². The Morgan fingerprint density at radius 3 is 2.59 bits per heavy atom. The third-order valence-corrected chi connectivity index (χ3v) is 4.67. The number of benzene rings is 3. The Hall–Kier alpha value is -3.60. The lowest BCUT2D eigenvalue weighted by atomic mass is 10.2. The Morgan fingerprint density at radius 2 is 1.79 bits per heavy atom. The highest BCUT2D eigenvalue weighted by Crippen LogP contribution is 2.23. The molecule has 4 aromatic rings. The molecule has 146 valence electrons. The summed E-state index contributed by atoms with van der Waals surface area (Å²) < 4.78 is 5.64. The highest BCUT2D eigenvalue weighted by atomic mass is 16.5. The quantitative estimate of drug-likeness (QED) is 0.476. The topological polar surface area (TPSA) is 67.0 Å². The summed E-state index contributed by atoms with van der Waals surface area (Å²) in [6.07, 6.45) is 0.290. The Bertz CT molecular complexity index is 1150. The molecular weight excluding hydrogens is 362 g/mol. The van der Waals surface area contributed by atoms with Gasteiger partial charge in [0, 0.05) is 11.3 Å². The van der Waals surface area contributed by atoms with Crippen LogP contribution < -0.4 is 10.1 Å². The third kappa shape index (κ3) is 4.63. The number of fused-ring (bicyclic) bond motifs is 1. The average molecular weight is 385 g/mol. The van der Waals surface area contributed by atoms with Gasteiger partial charge in [0.25, 0.3) is 0 Å². The molecule has 0 aliphatic rings. The number of imidazole rings is 1. The van der Waals surface area contributed by atoms with Crippen molar-refractivity contribution in [3.8, 4) is 17.1 Å². The number of H-pyrrole nitrogens is 1. The van der Waals surface area contributed by atoms with Crippen molar-refractivity contribution in [3.05, 3.63) is 77.9 Å². The molecule has 1 amide bonds. The number of nitrogens with zero attached hydrogens (tertiary/aromatic N) is 1. The number of amides is 1. The number of carbonyl (C=O) groups excluding carboxylic acids is 1. The number of anilines is 1. The number of ether oxygens (including phenoxy) is 1. The summed E-state index contributed by atoms with van der Waals surface area (Å²) in [4.78, 5) is 20.1. The number of nitrogens with one attached hydrogen (secondary N) is 2. The Kier molecular flexibility index (Phi) is 5.29. The molecule has 0 aliphatic carbocycles. The molecule has 5 heteroatoms. The molecule has 0 radical (unpaired) electrons. The van der Waals surface area contributed by atoms with Crippen LogP contribution in [0.25, 0.3) is 22.4 Å². The first kappa shape index (κ1) is 18.7. The van der Waals surface area contributed by atoms with Gasteiger partial charge in [0.15, 0.2) is 0 Å². The van der Waals surface area contributed by atoms with Crippen LogP contribution >= 0.6 is 0 Å². The van der Waals surface area contributed by atoms with Crippen LogP contribution in [-0.4, -0.2) is 22.5 Å². The minimum Gasteiger partial charge on any atom is -0.493 e. The molecule has 2 N–H and O–H groups in total. The number of aromatic nitrogens is 2. The van der Waals surface area contributed by atoms with Crippen LogP contribution in [0.3, 0.4) is 0 Å². The average Bonchev–Trinajstić information content (AvgIpc) is 3.12. The van der Waals surface area contributed by atoms with Crippen molar-refractivity contribution in [3.63, 3.8) is 0 Å². The van der Waals surface area contributed by atoms with Crippen LogP contribution in [0.5, 0.6) is 5.75 Å². The second-order valence-corrected chi connectivity index (χ2v) is 7.15. The van der Waals surface area contributed by atoms with E-state index >= 15 is 0 Å². The lowest BCUT2D eigenvalue weighted by Crippen LogP contribution is -2.15. The Morgan fingerprint density at radius 1 is 1.00 bits per heavy atom. The second-order valence-electron chi connectivity index (χ2n) is 7.15. The Balaban J connectivity index is 1.34. The van der Waals surface area contributed by atoms with E-state index in [0.29, 0.717) is 13.0 Å². The monoisotopic (exact) mass is 385 g/mol. The van der Waals surface area contributed by atoms with Crippen molar-refractivity contribution in [2.24, 2.45) is 0 Å². The molecule has 3 aromatic carbocycles. The highest BCUT2D eigenvalue weighted by molar-refractivity contribution is 5.91. The van der Waals surface area contributed by atoms with Crippen LogP contribution in [0.4, 0.5) is 5.69 Å². The van der Waals surface area contributed by atoms with Crippen molar-refractivity contribution < 1.29 is 9.53 Å². The summed E-state index contributed by atoms with van der Waals surface area (Å²) in [5.41, 5.74) is 6.01.